The van der Waals surface area contributed by atoms with Gasteiger partial charge in [0.05, 0.1) is 5.56 Å². The molecule has 1 aromatic carbocycles. The van der Waals surface area contributed by atoms with Crippen LogP contribution in [-0.4, -0.2) is 34.6 Å². The van der Waals surface area contributed by atoms with Gasteiger partial charge in [0, 0.05) is 29.3 Å². The van der Waals surface area contributed by atoms with Gasteiger partial charge in [0.25, 0.3) is 5.91 Å². The number of aromatic nitrogens is 1. The maximum Gasteiger partial charge on any atom is 0.263 e. The van der Waals surface area contributed by atoms with Gasteiger partial charge in [-0.15, -0.1) is 0 Å². The topological polar surface area (TPSA) is 78.2 Å². The number of halogens is 1. The number of carbonyl (C=O) groups is 1. The summed E-state index contributed by atoms with van der Waals surface area (Å²) in [5, 5.41) is 12.8. The first-order valence-corrected chi connectivity index (χ1v) is 10.6. The van der Waals surface area contributed by atoms with E-state index in [2.05, 4.69) is 21.3 Å². The number of piperidine rings is 1. The van der Waals surface area contributed by atoms with Gasteiger partial charge in [0.1, 0.15) is 17.6 Å². The number of hydrogen-bond acceptors (Lipinski definition) is 5. The Labute approximate surface area is 181 Å². The number of ether oxygens (including phenoxy) is 1. The SMILES string of the molecule is CC(C)(Oc1ccc(Cl)cc1)C(=O)N[C@H]1C[C@H]2CC[C@@H](C1)N2c1ccc(C#N)cn1. The minimum absolute atomic E-state index is 0.109. The van der Waals surface area contributed by atoms with Gasteiger partial charge in [-0.2, -0.15) is 5.26 Å². The summed E-state index contributed by atoms with van der Waals surface area (Å²) >= 11 is 5.92. The number of amides is 1. The Morgan fingerprint density at radius 1 is 1.20 bits per heavy atom. The van der Waals surface area contributed by atoms with Crippen LogP contribution in [0.3, 0.4) is 0 Å². The lowest BCUT2D eigenvalue weighted by Crippen LogP contribution is -2.55. The van der Waals surface area contributed by atoms with Crippen LogP contribution in [0.25, 0.3) is 0 Å². The summed E-state index contributed by atoms with van der Waals surface area (Å²) in [6, 6.07) is 13.7. The molecule has 2 fully saturated rings. The number of rotatable bonds is 5. The van der Waals surface area contributed by atoms with Crippen LogP contribution in [0.15, 0.2) is 42.6 Å². The van der Waals surface area contributed by atoms with Crippen LogP contribution in [0.5, 0.6) is 5.75 Å². The van der Waals surface area contributed by atoms with Crippen molar-refractivity contribution in [1.29, 1.82) is 5.26 Å². The lowest BCUT2D eigenvalue weighted by atomic mass is 9.96. The summed E-state index contributed by atoms with van der Waals surface area (Å²) in [5.74, 6) is 1.41. The van der Waals surface area contributed by atoms with Gasteiger partial charge in [-0.25, -0.2) is 4.98 Å². The highest BCUT2D eigenvalue weighted by Crippen LogP contribution is 2.38. The largest absolute Gasteiger partial charge is 0.478 e. The van der Waals surface area contributed by atoms with E-state index in [9.17, 15) is 4.79 Å². The summed E-state index contributed by atoms with van der Waals surface area (Å²) in [6.07, 6.45) is 5.55. The summed E-state index contributed by atoms with van der Waals surface area (Å²) in [4.78, 5) is 19.8. The lowest BCUT2D eigenvalue weighted by Gasteiger charge is -2.40. The first kappa shape index (κ1) is 20.5. The number of carbonyl (C=O) groups excluding carboxylic acids is 1. The number of benzene rings is 1. The fraction of sp³-hybridized carbons (Fsp3) is 0.435. The molecule has 2 aliphatic heterocycles. The number of pyridine rings is 1. The second kappa shape index (κ2) is 8.16. The van der Waals surface area contributed by atoms with Crippen molar-refractivity contribution in [2.75, 3.05) is 4.90 Å². The van der Waals surface area contributed by atoms with Crippen LogP contribution in [-0.2, 0) is 4.79 Å². The lowest BCUT2D eigenvalue weighted by molar-refractivity contribution is -0.135. The molecule has 7 heteroatoms. The van der Waals surface area contributed by atoms with Crippen LogP contribution < -0.4 is 15.0 Å². The monoisotopic (exact) mass is 424 g/mol. The van der Waals surface area contributed by atoms with Gasteiger partial charge >= 0.3 is 0 Å². The average molecular weight is 425 g/mol. The van der Waals surface area contributed by atoms with Crippen molar-refractivity contribution in [3.63, 3.8) is 0 Å². The molecule has 0 aliphatic carbocycles. The molecule has 156 valence electrons. The Balaban J connectivity index is 1.39. The first-order chi connectivity index (χ1) is 14.4. The second-order valence-corrected chi connectivity index (χ2v) is 8.95. The number of fused-ring (bicyclic) bond motifs is 2. The molecule has 0 spiro atoms. The Morgan fingerprint density at radius 2 is 1.87 bits per heavy atom. The fourth-order valence-electron chi connectivity index (χ4n) is 4.48. The normalized spacial score (nSPS) is 23.0. The van der Waals surface area contributed by atoms with E-state index in [0.29, 0.717) is 28.4 Å². The molecule has 6 nitrogen and oxygen atoms in total. The molecule has 2 saturated heterocycles. The Morgan fingerprint density at radius 3 is 2.43 bits per heavy atom. The molecule has 0 radical (unpaired) electrons. The van der Waals surface area contributed by atoms with E-state index >= 15 is 0 Å². The molecule has 1 amide bonds. The van der Waals surface area contributed by atoms with Gasteiger partial charge in [-0.1, -0.05) is 11.6 Å². The zero-order valence-electron chi connectivity index (χ0n) is 17.1. The molecule has 4 rings (SSSR count). The van der Waals surface area contributed by atoms with Gasteiger partial charge in [0.15, 0.2) is 5.60 Å². The summed E-state index contributed by atoms with van der Waals surface area (Å²) < 4.78 is 5.92. The van der Waals surface area contributed by atoms with Crippen LogP contribution in [0.1, 0.15) is 45.1 Å². The first-order valence-electron chi connectivity index (χ1n) is 10.3. The van der Waals surface area contributed by atoms with Crippen LogP contribution in [0, 0.1) is 11.3 Å². The maximum atomic E-state index is 12.9. The van der Waals surface area contributed by atoms with E-state index in [0.717, 1.165) is 31.5 Å². The van der Waals surface area contributed by atoms with Crippen molar-refractivity contribution in [3.8, 4) is 11.8 Å². The quantitative estimate of drug-likeness (QED) is 0.782. The number of nitriles is 1. The number of anilines is 1. The second-order valence-electron chi connectivity index (χ2n) is 8.52. The molecule has 3 atom stereocenters. The van der Waals surface area contributed by atoms with E-state index in [1.807, 2.05) is 12.1 Å². The highest BCUT2D eigenvalue weighted by molar-refractivity contribution is 6.30. The van der Waals surface area contributed by atoms with Gasteiger partial charge in [0.2, 0.25) is 0 Å². The van der Waals surface area contributed by atoms with Crippen molar-refractivity contribution in [1.82, 2.24) is 10.3 Å². The molecule has 2 aliphatic rings. The van der Waals surface area contributed by atoms with Crippen molar-refractivity contribution in [3.05, 3.63) is 53.2 Å². The molecule has 30 heavy (non-hydrogen) atoms. The van der Waals surface area contributed by atoms with E-state index in [1.54, 1.807) is 44.3 Å². The summed E-state index contributed by atoms with van der Waals surface area (Å²) in [6.45, 7) is 3.56. The average Bonchev–Trinajstić information content (AvgIpc) is 3.00. The Hall–Kier alpha value is -2.78. The van der Waals surface area contributed by atoms with Crippen LogP contribution >= 0.6 is 11.6 Å². The standard InChI is InChI=1S/C23H25ClN4O2/c1-23(2,30-20-8-4-16(24)5-9-20)22(29)27-17-11-18-6-7-19(12-17)28(18)21-10-3-15(13-25)14-26-21/h3-5,8-10,14,17-19H,6-7,11-12H2,1-2H3,(H,27,29)/t17-,18+,19-. The molecular formula is C23H25ClN4O2. The third-order valence-electron chi connectivity index (χ3n) is 5.94. The molecule has 1 aromatic heterocycles. The van der Waals surface area contributed by atoms with Crippen molar-refractivity contribution in [2.45, 2.75) is 63.3 Å². The number of hydrogen-bond donors (Lipinski definition) is 1. The maximum absolute atomic E-state index is 12.9. The van der Waals surface area contributed by atoms with Crippen molar-refractivity contribution >= 4 is 23.3 Å². The molecule has 1 N–H and O–H groups in total. The van der Waals surface area contributed by atoms with Crippen molar-refractivity contribution in [2.24, 2.45) is 0 Å². The molecule has 2 bridgehead atoms. The van der Waals surface area contributed by atoms with Gasteiger partial charge < -0.3 is 15.0 Å². The Bertz CT molecular complexity index is 939. The number of nitrogens with one attached hydrogen (secondary N) is 1. The highest BCUT2D eigenvalue weighted by atomic mass is 35.5. The highest BCUT2D eigenvalue weighted by Gasteiger charge is 2.43. The minimum Gasteiger partial charge on any atom is -0.478 e. The zero-order chi connectivity index (χ0) is 21.3. The fourth-order valence-corrected chi connectivity index (χ4v) is 4.60. The Kier molecular flexibility index (Phi) is 5.57. The van der Waals surface area contributed by atoms with E-state index in [4.69, 9.17) is 21.6 Å². The molecule has 0 saturated carbocycles. The third-order valence-corrected chi connectivity index (χ3v) is 6.20. The van der Waals surface area contributed by atoms with Crippen molar-refractivity contribution < 1.29 is 9.53 Å². The predicted molar refractivity (Wildman–Crippen MR) is 116 cm³/mol. The number of nitrogens with zero attached hydrogens (tertiary/aromatic N) is 3. The summed E-state index contributed by atoms with van der Waals surface area (Å²) in [5.41, 5.74) is -0.422. The molecular weight excluding hydrogens is 400 g/mol. The molecule has 2 aromatic rings. The third kappa shape index (κ3) is 4.22. The zero-order valence-corrected chi connectivity index (χ0v) is 17.9. The van der Waals surface area contributed by atoms with E-state index < -0.39 is 5.60 Å². The summed E-state index contributed by atoms with van der Waals surface area (Å²) in [7, 11) is 0. The minimum atomic E-state index is -0.987. The smallest absolute Gasteiger partial charge is 0.263 e. The molecule has 3 heterocycles. The molecule has 0 unspecified atom stereocenters. The van der Waals surface area contributed by atoms with Crippen LogP contribution in [0.4, 0.5) is 5.82 Å². The van der Waals surface area contributed by atoms with E-state index in [1.165, 1.54) is 0 Å². The predicted octanol–water partition coefficient (Wildman–Crippen LogP) is 4.08. The van der Waals surface area contributed by atoms with Gasteiger partial charge in [-0.05, 0) is 75.9 Å². The van der Waals surface area contributed by atoms with E-state index in [-0.39, 0.29) is 11.9 Å². The van der Waals surface area contributed by atoms with Crippen LogP contribution in [0.2, 0.25) is 5.02 Å². The van der Waals surface area contributed by atoms with Gasteiger partial charge in [-0.3, -0.25) is 4.79 Å².